The first kappa shape index (κ1) is 28.6. The fourth-order valence-corrected chi connectivity index (χ4v) is 6.28. The van der Waals surface area contributed by atoms with Crippen molar-refractivity contribution < 1.29 is 58.0 Å². The highest BCUT2D eigenvalue weighted by atomic mass is 19.4. The monoisotopic (exact) mass is 570 g/mol. The van der Waals surface area contributed by atoms with Crippen LogP contribution in [0.2, 0.25) is 0 Å². The fraction of sp³-hybridized carbons (Fsp3) is 0.577. The van der Waals surface area contributed by atoms with Gasteiger partial charge >= 0.3 is 6.18 Å². The number of nitriles is 1. The molecule has 1 aromatic heterocycles. The summed E-state index contributed by atoms with van der Waals surface area (Å²) in [6, 6.07) is 4.27. The lowest BCUT2D eigenvalue weighted by Gasteiger charge is -2.42. The number of ether oxygens (including phenoxy) is 3. The van der Waals surface area contributed by atoms with E-state index in [4.69, 9.17) is 19.5 Å². The van der Waals surface area contributed by atoms with E-state index < -0.39 is 83.7 Å². The first-order chi connectivity index (χ1) is 18.8. The highest BCUT2D eigenvalue weighted by molar-refractivity contribution is 5.62. The minimum atomic E-state index is -4.87. The molecule has 14 heteroatoms. The molecule has 2 fully saturated rings. The fourth-order valence-electron chi connectivity index (χ4n) is 6.28. The lowest BCUT2D eigenvalue weighted by Crippen LogP contribution is -2.60. The Morgan fingerprint density at radius 3 is 2.33 bits per heavy atom. The molecule has 2 unspecified atom stereocenters. The van der Waals surface area contributed by atoms with Crippen molar-refractivity contribution in [1.29, 1.82) is 5.26 Å². The molecular formula is C26H29F3N2O9. The predicted octanol–water partition coefficient (Wildman–Crippen LogP) is 1.61. The van der Waals surface area contributed by atoms with Crippen molar-refractivity contribution in [2.75, 3.05) is 6.61 Å². The molecule has 8 atom stereocenters. The summed E-state index contributed by atoms with van der Waals surface area (Å²) in [7, 11) is 0. The van der Waals surface area contributed by atoms with Crippen molar-refractivity contribution in [3.05, 3.63) is 40.5 Å². The Kier molecular flexibility index (Phi) is 6.86. The van der Waals surface area contributed by atoms with Crippen molar-refractivity contribution in [3.8, 4) is 23.5 Å². The summed E-state index contributed by atoms with van der Waals surface area (Å²) in [5.74, 6) is -1.13. The molecule has 218 valence electrons. The predicted molar refractivity (Wildman–Crippen MR) is 127 cm³/mol. The van der Waals surface area contributed by atoms with Crippen LogP contribution in [0.3, 0.4) is 0 Å². The molecule has 40 heavy (non-hydrogen) atoms. The number of aromatic hydroxyl groups is 2. The highest BCUT2D eigenvalue weighted by Gasteiger charge is 2.68. The molecular weight excluding hydrogens is 541 g/mol. The number of fused-ring (bicyclic) bond motifs is 5. The molecule has 2 saturated heterocycles. The van der Waals surface area contributed by atoms with Gasteiger partial charge < -0.3 is 44.8 Å². The maximum atomic E-state index is 13.7. The van der Waals surface area contributed by atoms with Gasteiger partial charge in [0.2, 0.25) is 11.8 Å². The van der Waals surface area contributed by atoms with E-state index in [0.717, 1.165) is 10.6 Å². The number of benzene rings is 1. The van der Waals surface area contributed by atoms with Gasteiger partial charge in [-0.1, -0.05) is 13.8 Å². The van der Waals surface area contributed by atoms with Gasteiger partial charge in [0, 0.05) is 6.42 Å². The molecule has 1 aromatic carbocycles. The zero-order chi connectivity index (χ0) is 29.4. The molecule has 6 N–H and O–H groups in total. The third kappa shape index (κ3) is 3.84. The van der Waals surface area contributed by atoms with Gasteiger partial charge in [0.1, 0.15) is 35.6 Å². The van der Waals surface area contributed by atoms with E-state index in [-0.39, 0.29) is 36.1 Å². The summed E-state index contributed by atoms with van der Waals surface area (Å²) in [5.41, 5.74) is -4.51. The second kappa shape index (κ2) is 9.59. The molecule has 2 aromatic rings. The van der Waals surface area contributed by atoms with Crippen LogP contribution in [0.1, 0.15) is 55.4 Å². The van der Waals surface area contributed by atoms with Crippen molar-refractivity contribution in [1.82, 2.24) is 4.57 Å². The smallest absolute Gasteiger partial charge is 0.417 e. The van der Waals surface area contributed by atoms with Crippen LogP contribution in [-0.4, -0.2) is 78.6 Å². The molecule has 0 radical (unpaired) electrons. The quantitative estimate of drug-likeness (QED) is 0.299. The van der Waals surface area contributed by atoms with Crippen LogP contribution in [0.25, 0.3) is 5.69 Å². The molecule has 0 aliphatic carbocycles. The number of hydrogen-bond donors (Lipinski definition) is 6. The van der Waals surface area contributed by atoms with Crippen molar-refractivity contribution in [2.45, 2.75) is 87.3 Å². The molecule has 3 aliphatic heterocycles. The van der Waals surface area contributed by atoms with Crippen molar-refractivity contribution >= 4 is 0 Å². The Labute approximate surface area is 226 Å². The maximum Gasteiger partial charge on any atom is 0.417 e. The Bertz CT molecular complexity index is 1360. The summed E-state index contributed by atoms with van der Waals surface area (Å²) in [6.45, 7) is 2.79. The Hall–Kier alpha value is -2.90. The number of aliphatic hydroxyl groups is 4. The van der Waals surface area contributed by atoms with Gasteiger partial charge in [-0.15, -0.1) is 0 Å². The largest absolute Gasteiger partial charge is 0.494 e. The number of alkyl halides is 3. The van der Waals surface area contributed by atoms with E-state index in [1.165, 1.54) is 12.1 Å². The van der Waals surface area contributed by atoms with E-state index in [1.54, 1.807) is 13.8 Å². The number of rotatable bonds is 6. The van der Waals surface area contributed by atoms with Gasteiger partial charge in [-0.25, -0.2) is 0 Å². The summed E-state index contributed by atoms with van der Waals surface area (Å²) >= 11 is 0. The van der Waals surface area contributed by atoms with Crippen LogP contribution >= 0.6 is 0 Å². The van der Waals surface area contributed by atoms with E-state index >= 15 is 0 Å². The third-order valence-electron chi connectivity index (χ3n) is 8.34. The standard InChI is InChI=1S/C26H29F3N2O9/c1-3-24-8-15(39-23-20(35)19(34)18(33)14(10-32)38-23)25(4-2,40-24)17-16(24)21(36)31(22(17)37)12-6-5-11(9-30)13(7-12)26(27,28)29/h5-7,14-15,18-20,23,32-37H,3-4,8,10H2,1-2H3/t14-,15-,18-,19+,20-,23-,24?,25?/m1/s1. The van der Waals surface area contributed by atoms with Gasteiger partial charge in [0.15, 0.2) is 6.29 Å². The van der Waals surface area contributed by atoms with Crippen LogP contribution in [-0.2, 0) is 31.6 Å². The Morgan fingerprint density at radius 2 is 1.75 bits per heavy atom. The number of aliphatic hydroxyl groups excluding tert-OH is 4. The molecule has 0 amide bonds. The number of aromatic nitrogens is 1. The van der Waals surface area contributed by atoms with Gasteiger partial charge in [0.05, 0.1) is 46.7 Å². The summed E-state index contributed by atoms with van der Waals surface area (Å²) in [5, 5.41) is 72.2. The van der Waals surface area contributed by atoms with E-state index in [9.17, 15) is 43.8 Å². The maximum absolute atomic E-state index is 13.7. The summed E-state index contributed by atoms with van der Waals surface area (Å²) < 4.78 is 59.9. The van der Waals surface area contributed by atoms with E-state index in [2.05, 4.69) is 0 Å². The van der Waals surface area contributed by atoms with Gasteiger partial charge in [-0.2, -0.15) is 18.4 Å². The normalized spacial score (nSPS) is 35.1. The number of halogens is 3. The van der Waals surface area contributed by atoms with Crippen LogP contribution in [0.5, 0.6) is 11.8 Å². The molecule has 3 aliphatic rings. The lowest BCUT2D eigenvalue weighted by atomic mass is 9.74. The van der Waals surface area contributed by atoms with E-state index in [0.29, 0.717) is 6.07 Å². The average molecular weight is 571 g/mol. The Balaban J connectivity index is 1.60. The van der Waals surface area contributed by atoms with Crippen LogP contribution < -0.4 is 0 Å². The molecule has 4 heterocycles. The van der Waals surface area contributed by atoms with Crippen LogP contribution in [0, 0.1) is 11.3 Å². The molecule has 11 nitrogen and oxygen atoms in total. The van der Waals surface area contributed by atoms with E-state index in [1.807, 2.05) is 0 Å². The topological polar surface area (TPSA) is 178 Å². The summed E-state index contributed by atoms with van der Waals surface area (Å²) in [6.07, 6.45) is -13.1. The first-order valence-electron chi connectivity index (χ1n) is 12.8. The van der Waals surface area contributed by atoms with Gasteiger partial charge in [0.25, 0.3) is 0 Å². The minimum absolute atomic E-state index is 0.0809. The second-order valence-electron chi connectivity index (χ2n) is 10.3. The molecule has 0 saturated carbocycles. The van der Waals surface area contributed by atoms with Crippen LogP contribution in [0.15, 0.2) is 18.2 Å². The zero-order valence-electron chi connectivity index (χ0n) is 21.5. The Morgan fingerprint density at radius 1 is 1.07 bits per heavy atom. The van der Waals surface area contributed by atoms with Crippen molar-refractivity contribution in [2.24, 2.45) is 0 Å². The minimum Gasteiger partial charge on any atom is -0.494 e. The SMILES string of the molecule is CCC12C[C@@H](O[C@H]3O[C@H](CO)[C@@H](O)[C@H](O)[C@H]3O)C(CC)(O1)c1c2c(O)n(-c2ccc(C#N)c(C(F)(F)F)c2)c1O. The van der Waals surface area contributed by atoms with Gasteiger partial charge in [-0.3, -0.25) is 4.57 Å². The molecule has 2 bridgehead atoms. The zero-order valence-corrected chi connectivity index (χ0v) is 21.5. The van der Waals surface area contributed by atoms with Crippen molar-refractivity contribution in [3.63, 3.8) is 0 Å². The van der Waals surface area contributed by atoms with Gasteiger partial charge in [-0.05, 0) is 31.0 Å². The summed E-state index contributed by atoms with van der Waals surface area (Å²) in [4.78, 5) is 0. The number of hydrogen-bond acceptors (Lipinski definition) is 10. The molecule has 5 rings (SSSR count). The second-order valence-corrected chi connectivity index (χ2v) is 10.3. The highest BCUT2D eigenvalue weighted by Crippen LogP contribution is 2.67. The number of nitrogens with zero attached hydrogens (tertiary/aromatic N) is 2. The van der Waals surface area contributed by atoms with Crippen LogP contribution in [0.4, 0.5) is 13.2 Å². The average Bonchev–Trinajstić information content (AvgIpc) is 3.52. The molecule has 0 spiro atoms. The first-order valence-corrected chi connectivity index (χ1v) is 12.8. The lowest BCUT2D eigenvalue weighted by molar-refractivity contribution is -0.319. The third-order valence-corrected chi connectivity index (χ3v) is 8.34.